The first-order valence-electron chi connectivity index (χ1n) is 7.05. The number of amides is 2. The molecule has 2 atom stereocenters. The Morgan fingerprint density at radius 1 is 1.43 bits per heavy atom. The van der Waals surface area contributed by atoms with E-state index in [0.29, 0.717) is 13.0 Å². The van der Waals surface area contributed by atoms with Gasteiger partial charge in [0.1, 0.15) is 0 Å². The molecule has 5 nitrogen and oxygen atoms in total. The van der Waals surface area contributed by atoms with Gasteiger partial charge in [0.25, 0.3) is 0 Å². The molecule has 1 aliphatic rings. The molecule has 2 N–H and O–H groups in total. The van der Waals surface area contributed by atoms with Crippen LogP contribution in [0.5, 0.6) is 0 Å². The topological polar surface area (TPSA) is 61.8 Å². The third-order valence-corrected chi connectivity index (χ3v) is 3.73. The van der Waals surface area contributed by atoms with Gasteiger partial charge in [0, 0.05) is 32.8 Å². The van der Waals surface area contributed by atoms with E-state index >= 15 is 0 Å². The SMILES string of the molecule is COCCC(C)NC(=O)N1CCC(C(O)C(F)(F)F)CC1. The highest BCUT2D eigenvalue weighted by molar-refractivity contribution is 5.74. The number of carbonyl (C=O) groups is 1. The van der Waals surface area contributed by atoms with Crippen LogP contribution in [0.15, 0.2) is 0 Å². The number of rotatable bonds is 5. The lowest BCUT2D eigenvalue weighted by molar-refractivity contribution is -0.222. The first kappa shape index (κ1) is 18.0. The number of ether oxygens (including phenoxy) is 1. The number of hydrogen-bond donors (Lipinski definition) is 2. The number of nitrogens with one attached hydrogen (secondary N) is 1. The molecule has 0 saturated carbocycles. The number of halogens is 3. The second kappa shape index (κ2) is 7.84. The molecular formula is C13H23F3N2O3. The van der Waals surface area contributed by atoms with Crippen LogP contribution in [0.2, 0.25) is 0 Å². The van der Waals surface area contributed by atoms with Gasteiger partial charge in [-0.1, -0.05) is 0 Å². The summed E-state index contributed by atoms with van der Waals surface area (Å²) >= 11 is 0. The van der Waals surface area contributed by atoms with E-state index in [9.17, 15) is 23.1 Å². The zero-order valence-electron chi connectivity index (χ0n) is 12.3. The van der Waals surface area contributed by atoms with Crippen molar-refractivity contribution in [3.05, 3.63) is 0 Å². The first-order chi connectivity index (χ1) is 9.75. The number of nitrogens with zero attached hydrogens (tertiary/aromatic N) is 1. The summed E-state index contributed by atoms with van der Waals surface area (Å²) in [6, 6.07) is -0.338. The molecule has 1 saturated heterocycles. The molecule has 2 amide bonds. The standard InChI is InChI=1S/C13H23F3N2O3/c1-9(5-8-21-2)17-12(20)18-6-3-10(4-7-18)11(19)13(14,15)16/h9-11,19H,3-8H2,1-2H3,(H,17,20). The lowest BCUT2D eigenvalue weighted by atomic mass is 9.91. The molecule has 0 aromatic carbocycles. The van der Waals surface area contributed by atoms with E-state index in [1.165, 1.54) is 4.90 Å². The predicted octanol–water partition coefficient (Wildman–Crippen LogP) is 1.76. The molecule has 21 heavy (non-hydrogen) atoms. The molecule has 0 aromatic rings. The average Bonchev–Trinajstić information content (AvgIpc) is 2.43. The largest absolute Gasteiger partial charge is 0.414 e. The summed E-state index contributed by atoms with van der Waals surface area (Å²) in [4.78, 5) is 13.4. The molecule has 1 aliphatic heterocycles. The summed E-state index contributed by atoms with van der Waals surface area (Å²) in [6.45, 7) is 2.82. The first-order valence-corrected chi connectivity index (χ1v) is 7.05. The molecule has 0 aliphatic carbocycles. The normalized spacial score (nSPS) is 20.2. The minimum absolute atomic E-state index is 0.0593. The molecule has 8 heteroatoms. The van der Waals surface area contributed by atoms with Crippen molar-refractivity contribution in [3.63, 3.8) is 0 Å². The maximum atomic E-state index is 12.4. The average molecular weight is 312 g/mol. The maximum Gasteiger partial charge on any atom is 0.414 e. The van der Waals surface area contributed by atoms with E-state index in [4.69, 9.17) is 4.74 Å². The van der Waals surface area contributed by atoms with E-state index in [1.807, 2.05) is 6.92 Å². The highest BCUT2D eigenvalue weighted by Crippen LogP contribution is 2.31. The molecule has 0 bridgehead atoms. The quantitative estimate of drug-likeness (QED) is 0.813. The van der Waals surface area contributed by atoms with Gasteiger partial charge in [0.05, 0.1) is 0 Å². The van der Waals surface area contributed by atoms with E-state index in [1.54, 1.807) is 7.11 Å². The molecular weight excluding hydrogens is 289 g/mol. The number of piperidine rings is 1. The number of methoxy groups -OCH3 is 1. The Labute approximate surface area is 122 Å². The van der Waals surface area contributed by atoms with Crippen molar-refractivity contribution in [2.75, 3.05) is 26.8 Å². The molecule has 1 heterocycles. The number of hydrogen-bond acceptors (Lipinski definition) is 3. The summed E-state index contributed by atoms with van der Waals surface area (Å²) in [5.74, 6) is -0.833. The Kier molecular flexibility index (Phi) is 6.73. The summed E-state index contributed by atoms with van der Waals surface area (Å²) in [5.41, 5.74) is 0. The number of alkyl halides is 3. The van der Waals surface area contributed by atoms with Crippen molar-refractivity contribution in [3.8, 4) is 0 Å². The monoisotopic (exact) mass is 312 g/mol. The van der Waals surface area contributed by atoms with E-state index < -0.39 is 18.2 Å². The van der Waals surface area contributed by atoms with Crippen LogP contribution in [-0.4, -0.2) is 61.2 Å². The van der Waals surface area contributed by atoms with Gasteiger partial charge in [0.2, 0.25) is 0 Å². The molecule has 1 rings (SSSR count). The zero-order valence-corrected chi connectivity index (χ0v) is 12.3. The molecule has 0 radical (unpaired) electrons. The Bertz CT molecular complexity index is 331. The van der Waals surface area contributed by atoms with Crippen LogP contribution in [0, 0.1) is 5.92 Å². The predicted molar refractivity (Wildman–Crippen MR) is 70.8 cm³/mol. The van der Waals surface area contributed by atoms with Crippen LogP contribution in [0.4, 0.5) is 18.0 Å². The van der Waals surface area contributed by atoms with Crippen molar-refractivity contribution in [2.24, 2.45) is 5.92 Å². The van der Waals surface area contributed by atoms with Gasteiger partial charge in [-0.2, -0.15) is 13.2 Å². The van der Waals surface area contributed by atoms with Crippen molar-refractivity contribution >= 4 is 6.03 Å². The lowest BCUT2D eigenvalue weighted by Gasteiger charge is -2.35. The molecule has 124 valence electrons. The molecule has 2 unspecified atom stereocenters. The summed E-state index contributed by atoms with van der Waals surface area (Å²) < 4.78 is 42.2. The number of aliphatic hydroxyl groups is 1. The van der Waals surface area contributed by atoms with Crippen molar-refractivity contribution in [1.29, 1.82) is 0 Å². The van der Waals surface area contributed by atoms with Crippen LogP contribution >= 0.6 is 0 Å². The van der Waals surface area contributed by atoms with Gasteiger partial charge in [-0.25, -0.2) is 4.79 Å². The Hall–Kier alpha value is -1.02. The van der Waals surface area contributed by atoms with Crippen LogP contribution in [-0.2, 0) is 4.74 Å². The molecule has 0 spiro atoms. The van der Waals surface area contributed by atoms with Crippen LogP contribution in [0.3, 0.4) is 0 Å². The third kappa shape index (κ3) is 5.70. The highest BCUT2D eigenvalue weighted by atomic mass is 19.4. The number of urea groups is 1. The number of likely N-dealkylation sites (tertiary alicyclic amines) is 1. The Morgan fingerprint density at radius 2 is 2.00 bits per heavy atom. The van der Waals surface area contributed by atoms with Gasteiger partial charge in [-0.3, -0.25) is 0 Å². The van der Waals surface area contributed by atoms with Gasteiger partial charge in [0.15, 0.2) is 6.10 Å². The minimum atomic E-state index is -4.59. The Morgan fingerprint density at radius 3 is 2.48 bits per heavy atom. The number of aliphatic hydroxyl groups excluding tert-OH is 1. The number of carbonyl (C=O) groups excluding carboxylic acids is 1. The Balaban J connectivity index is 2.37. The van der Waals surface area contributed by atoms with E-state index in [0.717, 1.165) is 0 Å². The van der Waals surface area contributed by atoms with Crippen molar-refractivity contribution < 1.29 is 27.8 Å². The smallest absolute Gasteiger partial charge is 0.385 e. The van der Waals surface area contributed by atoms with Gasteiger partial charge >= 0.3 is 12.2 Å². The van der Waals surface area contributed by atoms with E-state index in [-0.39, 0.29) is 38.0 Å². The van der Waals surface area contributed by atoms with Crippen LogP contribution < -0.4 is 5.32 Å². The van der Waals surface area contributed by atoms with Gasteiger partial charge in [-0.05, 0) is 32.1 Å². The van der Waals surface area contributed by atoms with Crippen molar-refractivity contribution in [1.82, 2.24) is 10.2 Å². The second-order valence-electron chi connectivity index (χ2n) is 5.44. The van der Waals surface area contributed by atoms with E-state index in [2.05, 4.69) is 5.32 Å². The second-order valence-corrected chi connectivity index (χ2v) is 5.44. The minimum Gasteiger partial charge on any atom is -0.385 e. The van der Waals surface area contributed by atoms with Crippen LogP contribution in [0.25, 0.3) is 0 Å². The summed E-state index contributed by atoms with van der Waals surface area (Å²) in [7, 11) is 1.57. The maximum absolute atomic E-state index is 12.4. The fourth-order valence-electron chi connectivity index (χ4n) is 2.35. The van der Waals surface area contributed by atoms with Gasteiger partial charge < -0.3 is 20.1 Å². The fourth-order valence-corrected chi connectivity index (χ4v) is 2.35. The lowest BCUT2D eigenvalue weighted by Crippen LogP contribution is -2.49. The third-order valence-electron chi connectivity index (χ3n) is 3.73. The van der Waals surface area contributed by atoms with Crippen LogP contribution in [0.1, 0.15) is 26.2 Å². The summed E-state index contributed by atoms with van der Waals surface area (Å²) in [6.07, 6.45) is -5.92. The fraction of sp³-hybridized carbons (Fsp3) is 0.923. The molecule has 0 aromatic heterocycles. The van der Waals surface area contributed by atoms with Crippen molar-refractivity contribution in [2.45, 2.75) is 44.5 Å². The zero-order chi connectivity index (χ0) is 16.0. The molecule has 1 fully saturated rings. The highest BCUT2D eigenvalue weighted by Gasteiger charge is 2.44. The summed E-state index contributed by atoms with van der Waals surface area (Å²) in [5, 5.41) is 12.0. The van der Waals surface area contributed by atoms with Gasteiger partial charge in [-0.15, -0.1) is 0 Å².